The number of pyridine rings is 1. The molecule has 0 bridgehead atoms. The summed E-state index contributed by atoms with van der Waals surface area (Å²) in [6.45, 7) is 3.85. The molecule has 0 spiro atoms. The van der Waals surface area contributed by atoms with E-state index >= 15 is 0 Å². The van der Waals surface area contributed by atoms with E-state index in [9.17, 15) is 4.79 Å². The minimum absolute atomic E-state index is 0.0416. The van der Waals surface area contributed by atoms with Crippen molar-refractivity contribution in [2.24, 2.45) is 0 Å². The molecule has 174 valence electrons. The fourth-order valence-electron chi connectivity index (χ4n) is 4.14. The summed E-state index contributed by atoms with van der Waals surface area (Å²) in [5.74, 6) is 1.37. The molecule has 0 unspecified atom stereocenters. The SMILES string of the molecule is COCCCN(Cc1cc2cc3c(cc2nc1-c1ccccc1C)OCO3)C(=O)c1cncs1. The first-order valence-corrected chi connectivity index (χ1v) is 12.0. The summed E-state index contributed by atoms with van der Waals surface area (Å²) in [6, 6.07) is 14.1. The van der Waals surface area contributed by atoms with Crippen LogP contribution in [-0.4, -0.2) is 47.8 Å². The second kappa shape index (κ2) is 9.79. The number of amides is 1. The van der Waals surface area contributed by atoms with Crippen LogP contribution in [0.4, 0.5) is 0 Å². The number of carbonyl (C=O) groups is 1. The van der Waals surface area contributed by atoms with Crippen LogP contribution in [0.5, 0.6) is 11.5 Å². The monoisotopic (exact) mass is 475 g/mol. The van der Waals surface area contributed by atoms with Crippen LogP contribution in [0.3, 0.4) is 0 Å². The van der Waals surface area contributed by atoms with E-state index in [1.807, 2.05) is 29.2 Å². The average molecular weight is 476 g/mol. The third-order valence-electron chi connectivity index (χ3n) is 5.86. The standard InChI is InChI=1S/C26H25N3O4S/c1-17-6-3-4-7-20(17)25-19(10-18-11-22-23(33-16-32-22)12-21(18)28-25)14-29(8-5-9-31-2)26(30)24-13-27-15-34-24/h3-4,6-7,10-13,15H,5,8-9,14,16H2,1-2H3. The largest absolute Gasteiger partial charge is 0.454 e. The number of nitrogens with zero attached hydrogens (tertiary/aromatic N) is 3. The minimum Gasteiger partial charge on any atom is -0.454 e. The van der Waals surface area contributed by atoms with E-state index < -0.39 is 0 Å². The van der Waals surface area contributed by atoms with Gasteiger partial charge in [-0.1, -0.05) is 24.3 Å². The summed E-state index contributed by atoms with van der Waals surface area (Å²) in [7, 11) is 1.67. The molecule has 7 nitrogen and oxygen atoms in total. The molecule has 8 heteroatoms. The third kappa shape index (κ3) is 4.47. The highest BCUT2D eigenvalue weighted by Gasteiger charge is 2.22. The lowest BCUT2D eigenvalue weighted by atomic mass is 9.99. The highest BCUT2D eigenvalue weighted by Crippen LogP contribution is 2.38. The van der Waals surface area contributed by atoms with E-state index in [1.54, 1.807) is 18.8 Å². The number of benzene rings is 2. The Morgan fingerprint density at radius 1 is 1.18 bits per heavy atom. The van der Waals surface area contributed by atoms with Gasteiger partial charge in [-0.3, -0.25) is 9.78 Å². The van der Waals surface area contributed by atoms with Crippen LogP contribution in [0, 0.1) is 6.92 Å². The number of hydrogen-bond donors (Lipinski definition) is 0. The molecular weight excluding hydrogens is 450 g/mol. The Balaban J connectivity index is 1.60. The van der Waals surface area contributed by atoms with E-state index in [-0.39, 0.29) is 12.7 Å². The number of carbonyl (C=O) groups excluding carboxylic acids is 1. The predicted octanol–water partition coefficient (Wildman–Crippen LogP) is 5.07. The lowest BCUT2D eigenvalue weighted by molar-refractivity contribution is 0.0728. The first-order chi connectivity index (χ1) is 16.6. The molecular formula is C26H25N3O4S. The normalized spacial score (nSPS) is 12.3. The van der Waals surface area contributed by atoms with E-state index in [0.29, 0.717) is 36.1 Å². The van der Waals surface area contributed by atoms with Crippen molar-refractivity contribution < 1.29 is 19.0 Å². The topological polar surface area (TPSA) is 73.8 Å². The predicted molar refractivity (Wildman–Crippen MR) is 131 cm³/mol. The Labute approximate surface area is 201 Å². The maximum Gasteiger partial charge on any atom is 0.265 e. The molecule has 3 heterocycles. The molecule has 0 fully saturated rings. The van der Waals surface area contributed by atoms with Crippen molar-refractivity contribution >= 4 is 28.1 Å². The maximum atomic E-state index is 13.3. The van der Waals surface area contributed by atoms with Crippen LogP contribution in [0.15, 0.2) is 54.2 Å². The van der Waals surface area contributed by atoms with Crippen molar-refractivity contribution in [3.63, 3.8) is 0 Å². The van der Waals surface area contributed by atoms with Gasteiger partial charge >= 0.3 is 0 Å². The van der Waals surface area contributed by atoms with Gasteiger partial charge in [0, 0.05) is 43.8 Å². The van der Waals surface area contributed by atoms with Gasteiger partial charge in [-0.05, 0) is 36.6 Å². The van der Waals surface area contributed by atoms with Gasteiger partial charge in [-0.2, -0.15) is 0 Å². The second-order valence-corrected chi connectivity index (χ2v) is 9.03. The lowest BCUT2D eigenvalue weighted by Gasteiger charge is -2.24. The summed E-state index contributed by atoms with van der Waals surface area (Å²) >= 11 is 1.35. The van der Waals surface area contributed by atoms with Crippen LogP contribution in [0.1, 0.15) is 27.2 Å². The van der Waals surface area contributed by atoms with E-state index in [4.69, 9.17) is 19.2 Å². The minimum atomic E-state index is -0.0416. The van der Waals surface area contributed by atoms with Crippen molar-refractivity contribution in [1.82, 2.24) is 14.9 Å². The number of fused-ring (bicyclic) bond motifs is 2. The van der Waals surface area contributed by atoms with E-state index in [2.05, 4.69) is 30.1 Å². The fraction of sp³-hybridized carbons (Fsp3) is 0.269. The Morgan fingerprint density at radius 3 is 2.76 bits per heavy atom. The Hall–Kier alpha value is -3.49. The molecule has 2 aromatic heterocycles. The van der Waals surface area contributed by atoms with Gasteiger partial charge in [-0.15, -0.1) is 11.3 Å². The number of ether oxygens (including phenoxy) is 3. The molecule has 5 rings (SSSR count). The molecule has 0 N–H and O–H groups in total. The molecule has 4 aromatic rings. The van der Waals surface area contributed by atoms with Gasteiger partial charge in [0.05, 0.1) is 22.9 Å². The van der Waals surface area contributed by atoms with Crippen LogP contribution < -0.4 is 9.47 Å². The molecule has 1 amide bonds. The Morgan fingerprint density at radius 2 is 2.00 bits per heavy atom. The summed E-state index contributed by atoms with van der Waals surface area (Å²) in [5, 5.41) is 0.943. The molecule has 0 atom stereocenters. The summed E-state index contributed by atoms with van der Waals surface area (Å²) in [4.78, 5) is 24.9. The van der Waals surface area contributed by atoms with Gasteiger partial charge in [0.25, 0.3) is 5.91 Å². The molecule has 1 aliphatic heterocycles. The highest BCUT2D eigenvalue weighted by atomic mass is 32.1. The van der Waals surface area contributed by atoms with Crippen LogP contribution in [0.2, 0.25) is 0 Å². The first-order valence-electron chi connectivity index (χ1n) is 11.1. The van der Waals surface area contributed by atoms with Gasteiger partial charge in [0.2, 0.25) is 6.79 Å². The van der Waals surface area contributed by atoms with Gasteiger partial charge in [0.1, 0.15) is 4.88 Å². The second-order valence-electron chi connectivity index (χ2n) is 8.15. The number of methoxy groups -OCH3 is 1. The average Bonchev–Trinajstić information content (AvgIpc) is 3.54. The first kappa shape index (κ1) is 22.3. The van der Waals surface area contributed by atoms with Crippen molar-refractivity contribution in [1.29, 1.82) is 0 Å². The number of rotatable bonds is 8. The van der Waals surface area contributed by atoms with Crippen molar-refractivity contribution in [2.75, 3.05) is 27.1 Å². The third-order valence-corrected chi connectivity index (χ3v) is 6.62. The van der Waals surface area contributed by atoms with Crippen molar-refractivity contribution in [3.05, 3.63) is 70.2 Å². The highest BCUT2D eigenvalue weighted by molar-refractivity contribution is 7.11. The summed E-state index contributed by atoms with van der Waals surface area (Å²) in [6.07, 6.45) is 2.36. The van der Waals surface area contributed by atoms with Crippen molar-refractivity contribution in [3.8, 4) is 22.8 Å². The van der Waals surface area contributed by atoms with E-state index in [0.717, 1.165) is 39.7 Å². The molecule has 34 heavy (non-hydrogen) atoms. The zero-order valence-electron chi connectivity index (χ0n) is 19.1. The molecule has 0 saturated carbocycles. The summed E-state index contributed by atoms with van der Waals surface area (Å²) in [5.41, 5.74) is 6.50. The van der Waals surface area contributed by atoms with Gasteiger partial charge < -0.3 is 19.1 Å². The van der Waals surface area contributed by atoms with Gasteiger partial charge in [0.15, 0.2) is 11.5 Å². The lowest BCUT2D eigenvalue weighted by Crippen LogP contribution is -2.32. The Bertz CT molecular complexity index is 1320. The van der Waals surface area contributed by atoms with Crippen molar-refractivity contribution in [2.45, 2.75) is 19.9 Å². The zero-order chi connectivity index (χ0) is 23.5. The smallest absolute Gasteiger partial charge is 0.265 e. The summed E-state index contributed by atoms with van der Waals surface area (Å²) < 4.78 is 16.4. The Kier molecular flexibility index (Phi) is 6.42. The van der Waals surface area contributed by atoms with E-state index in [1.165, 1.54) is 11.3 Å². The zero-order valence-corrected chi connectivity index (χ0v) is 19.9. The fourth-order valence-corrected chi connectivity index (χ4v) is 4.72. The maximum absolute atomic E-state index is 13.3. The van der Waals surface area contributed by atoms with Crippen LogP contribution in [-0.2, 0) is 11.3 Å². The molecule has 0 saturated heterocycles. The molecule has 0 aliphatic carbocycles. The molecule has 2 aromatic carbocycles. The molecule has 0 radical (unpaired) electrons. The number of aryl methyl sites for hydroxylation is 1. The number of aromatic nitrogens is 2. The quantitative estimate of drug-likeness (QED) is 0.331. The van der Waals surface area contributed by atoms with Crippen LogP contribution in [0.25, 0.3) is 22.2 Å². The number of thiazole rings is 1. The van der Waals surface area contributed by atoms with Gasteiger partial charge in [-0.25, -0.2) is 4.98 Å². The molecule has 1 aliphatic rings. The number of hydrogen-bond acceptors (Lipinski definition) is 7. The van der Waals surface area contributed by atoms with Crippen LogP contribution >= 0.6 is 11.3 Å².